The molecule has 0 bridgehead atoms. The van der Waals surface area contributed by atoms with Gasteiger partial charge in [-0.05, 0) is 18.9 Å². The van der Waals surface area contributed by atoms with Gasteiger partial charge in [0.1, 0.15) is 6.61 Å². The van der Waals surface area contributed by atoms with Crippen LogP contribution in [0.2, 0.25) is 0 Å². The molecule has 0 atom stereocenters. The average Bonchev–Trinajstić information content (AvgIpc) is 2.58. The Morgan fingerprint density at radius 1 is 1.60 bits per heavy atom. The number of cyclic esters (lactones) is 1. The number of carbonyl (C=O) groups is 1. The molecule has 0 aromatic carbocycles. The molecular weight excluding hydrogens is 192 g/mol. The largest absolute Gasteiger partial charge is 0.457 e. The van der Waals surface area contributed by atoms with Crippen LogP contribution < -0.4 is 0 Å². The van der Waals surface area contributed by atoms with E-state index in [1.54, 1.807) is 7.11 Å². The van der Waals surface area contributed by atoms with Crippen molar-refractivity contribution in [1.82, 2.24) is 0 Å². The van der Waals surface area contributed by atoms with Crippen molar-refractivity contribution in [2.75, 3.05) is 20.3 Å². The Kier molecular flexibility index (Phi) is 4.56. The van der Waals surface area contributed by atoms with Crippen LogP contribution in [0.3, 0.4) is 0 Å². The second-order valence-electron chi connectivity index (χ2n) is 3.64. The van der Waals surface area contributed by atoms with Gasteiger partial charge in [-0.1, -0.05) is 19.4 Å². The third-order valence-electron chi connectivity index (χ3n) is 2.46. The standard InChI is InChI=1S/C12H18O3/c1-4-5-6-9(2)10-8-15-12(13)11(10)7-14-3/h6H,4-5,7-8H2,1-3H3/b9-6+. The summed E-state index contributed by atoms with van der Waals surface area (Å²) >= 11 is 0. The third-order valence-corrected chi connectivity index (χ3v) is 2.46. The van der Waals surface area contributed by atoms with Crippen molar-refractivity contribution in [3.05, 3.63) is 22.8 Å². The monoisotopic (exact) mass is 210 g/mol. The third kappa shape index (κ3) is 2.93. The van der Waals surface area contributed by atoms with Crippen molar-refractivity contribution in [1.29, 1.82) is 0 Å². The fraction of sp³-hybridized carbons (Fsp3) is 0.583. The first-order chi connectivity index (χ1) is 7.20. The van der Waals surface area contributed by atoms with Gasteiger partial charge in [-0.2, -0.15) is 0 Å². The minimum atomic E-state index is -0.240. The zero-order valence-corrected chi connectivity index (χ0v) is 9.63. The molecule has 1 aliphatic heterocycles. The van der Waals surface area contributed by atoms with E-state index in [1.165, 1.54) is 0 Å². The van der Waals surface area contributed by atoms with Crippen molar-refractivity contribution in [3.8, 4) is 0 Å². The minimum absolute atomic E-state index is 0.240. The predicted molar refractivity (Wildman–Crippen MR) is 58.5 cm³/mol. The highest BCUT2D eigenvalue weighted by Gasteiger charge is 2.24. The highest BCUT2D eigenvalue weighted by Crippen LogP contribution is 2.23. The maximum Gasteiger partial charge on any atom is 0.337 e. The Labute approximate surface area is 90.8 Å². The molecule has 0 N–H and O–H groups in total. The van der Waals surface area contributed by atoms with Gasteiger partial charge in [0.25, 0.3) is 0 Å². The molecule has 0 radical (unpaired) electrons. The van der Waals surface area contributed by atoms with E-state index in [9.17, 15) is 4.79 Å². The lowest BCUT2D eigenvalue weighted by Gasteiger charge is -2.03. The molecule has 3 heteroatoms. The van der Waals surface area contributed by atoms with Crippen LogP contribution in [0, 0.1) is 0 Å². The zero-order valence-electron chi connectivity index (χ0n) is 9.63. The lowest BCUT2D eigenvalue weighted by atomic mass is 10.0. The van der Waals surface area contributed by atoms with Gasteiger partial charge >= 0.3 is 5.97 Å². The Hall–Kier alpha value is -1.09. The Bertz CT molecular complexity index is 300. The zero-order chi connectivity index (χ0) is 11.3. The molecule has 1 heterocycles. The minimum Gasteiger partial charge on any atom is -0.457 e. The fourth-order valence-corrected chi connectivity index (χ4v) is 1.56. The molecule has 0 amide bonds. The normalized spacial score (nSPS) is 17.3. The van der Waals surface area contributed by atoms with Crippen LogP contribution in [0.4, 0.5) is 0 Å². The molecule has 0 fully saturated rings. The molecule has 1 rings (SSSR count). The van der Waals surface area contributed by atoms with E-state index < -0.39 is 0 Å². The number of esters is 1. The van der Waals surface area contributed by atoms with E-state index in [-0.39, 0.29) is 5.97 Å². The number of hydrogen-bond donors (Lipinski definition) is 0. The second-order valence-corrected chi connectivity index (χ2v) is 3.64. The van der Waals surface area contributed by atoms with Gasteiger partial charge in [0.2, 0.25) is 0 Å². The molecule has 0 aromatic rings. The topological polar surface area (TPSA) is 35.5 Å². The van der Waals surface area contributed by atoms with Crippen molar-refractivity contribution in [2.24, 2.45) is 0 Å². The Morgan fingerprint density at radius 2 is 2.33 bits per heavy atom. The van der Waals surface area contributed by atoms with Gasteiger partial charge in [-0.3, -0.25) is 0 Å². The van der Waals surface area contributed by atoms with Crippen LogP contribution in [0.25, 0.3) is 0 Å². The van der Waals surface area contributed by atoms with Gasteiger partial charge in [-0.25, -0.2) is 4.79 Å². The lowest BCUT2D eigenvalue weighted by Crippen LogP contribution is -2.05. The summed E-state index contributed by atoms with van der Waals surface area (Å²) in [5, 5.41) is 0. The fourth-order valence-electron chi connectivity index (χ4n) is 1.56. The number of ether oxygens (including phenoxy) is 2. The first kappa shape index (κ1) is 12.0. The van der Waals surface area contributed by atoms with Crippen molar-refractivity contribution >= 4 is 5.97 Å². The SMILES string of the molecule is CCC/C=C(\C)C1=C(COC)C(=O)OC1. The maximum absolute atomic E-state index is 11.4. The second kappa shape index (κ2) is 5.71. The lowest BCUT2D eigenvalue weighted by molar-refractivity contribution is -0.136. The summed E-state index contributed by atoms with van der Waals surface area (Å²) in [5.74, 6) is -0.240. The van der Waals surface area contributed by atoms with Crippen molar-refractivity contribution < 1.29 is 14.3 Å². The van der Waals surface area contributed by atoms with Crippen LogP contribution in [0.1, 0.15) is 26.7 Å². The molecule has 0 saturated heterocycles. The van der Waals surface area contributed by atoms with Crippen LogP contribution in [-0.2, 0) is 14.3 Å². The van der Waals surface area contributed by atoms with Gasteiger partial charge in [0, 0.05) is 12.7 Å². The van der Waals surface area contributed by atoms with Crippen LogP contribution >= 0.6 is 0 Å². The molecule has 15 heavy (non-hydrogen) atoms. The maximum atomic E-state index is 11.4. The van der Waals surface area contributed by atoms with Gasteiger partial charge in [0.15, 0.2) is 0 Å². The molecule has 0 saturated carbocycles. The van der Waals surface area contributed by atoms with Crippen LogP contribution in [0.15, 0.2) is 22.8 Å². The predicted octanol–water partition coefficient (Wildman–Crippen LogP) is 2.23. The summed E-state index contributed by atoms with van der Waals surface area (Å²) in [4.78, 5) is 11.4. The van der Waals surface area contributed by atoms with Gasteiger partial charge < -0.3 is 9.47 Å². The van der Waals surface area contributed by atoms with Crippen molar-refractivity contribution in [3.63, 3.8) is 0 Å². The number of allylic oxidation sites excluding steroid dienone is 1. The summed E-state index contributed by atoms with van der Waals surface area (Å²) in [5.41, 5.74) is 2.80. The first-order valence-electron chi connectivity index (χ1n) is 5.25. The smallest absolute Gasteiger partial charge is 0.337 e. The van der Waals surface area contributed by atoms with Gasteiger partial charge in [0.05, 0.1) is 12.2 Å². The summed E-state index contributed by atoms with van der Waals surface area (Å²) in [7, 11) is 1.58. The quantitative estimate of drug-likeness (QED) is 0.653. The number of unbranched alkanes of at least 4 members (excludes halogenated alkanes) is 1. The van der Waals surface area contributed by atoms with E-state index in [0.717, 1.165) is 24.0 Å². The number of carbonyl (C=O) groups excluding carboxylic acids is 1. The molecular formula is C12H18O3. The molecule has 0 aliphatic carbocycles. The Balaban J connectivity index is 2.85. The van der Waals surface area contributed by atoms with E-state index in [4.69, 9.17) is 9.47 Å². The van der Waals surface area contributed by atoms with E-state index in [0.29, 0.717) is 18.8 Å². The van der Waals surface area contributed by atoms with E-state index >= 15 is 0 Å². The first-order valence-corrected chi connectivity index (χ1v) is 5.25. The highest BCUT2D eigenvalue weighted by atomic mass is 16.5. The summed E-state index contributed by atoms with van der Waals surface area (Å²) < 4.78 is 9.99. The Morgan fingerprint density at radius 3 is 2.93 bits per heavy atom. The summed E-state index contributed by atoms with van der Waals surface area (Å²) in [6, 6.07) is 0. The molecule has 3 nitrogen and oxygen atoms in total. The van der Waals surface area contributed by atoms with Crippen LogP contribution in [-0.4, -0.2) is 26.3 Å². The highest BCUT2D eigenvalue weighted by molar-refractivity contribution is 5.93. The molecule has 0 spiro atoms. The van der Waals surface area contributed by atoms with E-state index in [1.807, 2.05) is 6.92 Å². The molecule has 84 valence electrons. The molecule has 1 aliphatic rings. The summed E-state index contributed by atoms with van der Waals surface area (Å²) in [6.45, 7) is 4.88. The number of hydrogen-bond acceptors (Lipinski definition) is 3. The van der Waals surface area contributed by atoms with Gasteiger partial charge in [-0.15, -0.1) is 0 Å². The molecule has 0 unspecified atom stereocenters. The number of methoxy groups -OCH3 is 1. The summed E-state index contributed by atoms with van der Waals surface area (Å²) in [6.07, 6.45) is 4.29. The average molecular weight is 210 g/mol. The van der Waals surface area contributed by atoms with E-state index in [2.05, 4.69) is 13.0 Å². The molecule has 0 aromatic heterocycles. The number of rotatable bonds is 5. The van der Waals surface area contributed by atoms with Crippen LogP contribution in [0.5, 0.6) is 0 Å². The van der Waals surface area contributed by atoms with Crippen molar-refractivity contribution in [2.45, 2.75) is 26.7 Å².